The maximum atomic E-state index is 15.1. The highest BCUT2D eigenvalue weighted by atomic mass is 19.1. The van der Waals surface area contributed by atoms with Crippen molar-refractivity contribution < 1.29 is 23.6 Å². The van der Waals surface area contributed by atoms with E-state index in [9.17, 15) is 24.4 Å². The second kappa shape index (κ2) is 10.2. The Labute approximate surface area is 225 Å². The number of rotatable bonds is 9. The van der Waals surface area contributed by atoms with Crippen LogP contribution in [0.4, 0.5) is 10.1 Å². The number of nitrogens with zero attached hydrogens (tertiary/aromatic N) is 2. The van der Waals surface area contributed by atoms with Crippen molar-refractivity contribution in [2.24, 2.45) is 11.7 Å². The smallest absolute Gasteiger partial charge is 0.262 e. The van der Waals surface area contributed by atoms with Crippen LogP contribution in [0.3, 0.4) is 0 Å². The first kappa shape index (κ1) is 26.5. The molecule has 0 aromatic heterocycles. The van der Waals surface area contributed by atoms with Crippen molar-refractivity contribution in [3.63, 3.8) is 0 Å². The van der Waals surface area contributed by atoms with Gasteiger partial charge in [-0.2, -0.15) is 5.26 Å². The van der Waals surface area contributed by atoms with E-state index in [1.165, 1.54) is 6.07 Å². The van der Waals surface area contributed by atoms with Crippen LogP contribution in [0.15, 0.2) is 36.4 Å². The van der Waals surface area contributed by atoms with Crippen molar-refractivity contribution in [1.82, 2.24) is 10.2 Å². The molecule has 0 spiro atoms. The lowest BCUT2D eigenvalue weighted by atomic mass is 9.92. The zero-order chi connectivity index (χ0) is 27.9. The summed E-state index contributed by atoms with van der Waals surface area (Å²) in [5.41, 5.74) is 8.02. The fourth-order valence-electron chi connectivity index (χ4n) is 5.45. The third-order valence-electron chi connectivity index (χ3n) is 7.96. The molecule has 4 N–H and O–H groups in total. The lowest BCUT2D eigenvalue weighted by Crippen LogP contribution is -2.54. The predicted octanol–water partition coefficient (Wildman–Crippen LogP) is 3.31. The minimum Gasteiger partial charge on any atom is -0.385 e. The Morgan fingerprint density at radius 2 is 1.90 bits per heavy atom. The number of halogens is 1. The first-order valence-corrected chi connectivity index (χ1v) is 13.2. The number of carbonyl (C=O) groups is 4. The number of nitrogens with one attached hydrogen (secondary N) is 2. The third-order valence-corrected chi connectivity index (χ3v) is 7.96. The summed E-state index contributed by atoms with van der Waals surface area (Å²) in [6.45, 7) is 2.68. The maximum Gasteiger partial charge on any atom is 0.262 e. The van der Waals surface area contributed by atoms with Crippen molar-refractivity contribution in [2.45, 2.75) is 62.9 Å². The molecule has 39 heavy (non-hydrogen) atoms. The molecule has 4 amide bonds. The number of anilines is 1. The number of fused-ring (bicyclic) bond motifs is 1. The third kappa shape index (κ3) is 5.02. The highest BCUT2D eigenvalue weighted by Gasteiger charge is 2.46. The number of imide groups is 2. The molecule has 2 fully saturated rings. The van der Waals surface area contributed by atoms with Crippen molar-refractivity contribution in [1.29, 1.82) is 5.26 Å². The summed E-state index contributed by atoms with van der Waals surface area (Å²) in [5.74, 6) is -3.19. The molecule has 1 aliphatic carbocycles. The summed E-state index contributed by atoms with van der Waals surface area (Å²) in [7, 11) is 0. The van der Waals surface area contributed by atoms with Gasteiger partial charge in [0.2, 0.25) is 11.8 Å². The Bertz CT molecular complexity index is 1410. The molecule has 3 atom stereocenters. The number of hydrogen-bond donors (Lipinski definition) is 3. The summed E-state index contributed by atoms with van der Waals surface area (Å²) >= 11 is 0. The maximum absolute atomic E-state index is 15.1. The van der Waals surface area contributed by atoms with Gasteiger partial charge in [-0.3, -0.25) is 29.4 Å². The van der Waals surface area contributed by atoms with E-state index in [0.29, 0.717) is 13.0 Å². The molecule has 0 radical (unpaired) electrons. The molecule has 2 aromatic rings. The van der Waals surface area contributed by atoms with Gasteiger partial charge in [0.25, 0.3) is 11.8 Å². The van der Waals surface area contributed by atoms with Gasteiger partial charge in [-0.15, -0.1) is 0 Å². The Balaban J connectivity index is 1.21. The van der Waals surface area contributed by atoms with Crippen molar-refractivity contribution in [2.75, 3.05) is 11.9 Å². The largest absolute Gasteiger partial charge is 0.385 e. The molecule has 2 aromatic carbocycles. The van der Waals surface area contributed by atoms with Crippen LogP contribution >= 0.6 is 0 Å². The summed E-state index contributed by atoms with van der Waals surface area (Å²) in [6.07, 6.45) is 3.02. The second-order valence-corrected chi connectivity index (χ2v) is 10.8. The van der Waals surface area contributed by atoms with E-state index in [1.54, 1.807) is 0 Å². The first-order chi connectivity index (χ1) is 18.6. The van der Waals surface area contributed by atoms with Gasteiger partial charge >= 0.3 is 0 Å². The Kier molecular flexibility index (Phi) is 6.95. The quantitative estimate of drug-likeness (QED) is 0.421. The van der Waals surface area contributed by atoms with Gasteiger partial charge < -0.3 is 11.1 Å². The molecule has 10 heteroatoms. The number of nitrogens with two attached hydrogens (primary N) is 1. The molecular weight excluding hydrogens is 501 g/mol. The van der Waals surface area contributed by atoms with Crippen molar-refractivity contribution >= 4 is 29.3 Å². The van der Waals surface area contributed by atoms with E-state index >= 15 is 4.39 Å². The van der Waals surface area contributed by atoms with E-state index in [4.69, 9.17) is 5.73 Å². The molecule has 2 aliphatic heterocycles. The number of benzene rings is 2. The molecule has 5 rings (SSSR count). The number of carbonyl (C=O) groups excluding carboxylic acids is 4. The van der Waals surface area contributed by atoms with E-state index in [2.05, 4.69) is 16.7 Å². The fraction of sp³-hybridized carbons (Fsp3) is 0.414. The highest BCUT2D eigenvalue weighted by Crippen LogP contribution is 2.48. The van der Waals surface area contributed by atoms with E-state index < -0.39 is 41.5 Å². The molecule has 202 valence electrons. The molecule has 2 heterocycles. The minimum absolute atomic E-state index is 0.00707. The fourth-order valence-corrected chi connectivity index (χ4v) is 5.45. The molecule has 1 saturated carbocycles. The van der Waals surface area contributed by atoms with Crippen molar-refractivity contribution in [3.05, 3.63) is 64.5 Å². The first-order valence-electron chi connectivity index (χ1n) is 13.2. The lowest BCUT2D eigenvalue weighted by molar-refractivity contribution is -0.136. The van der Waals surface area contributed by atoms with E-state index in [-0.39, 0.29) is 40.9 Å². The summed E-state index contributed by atoms with van der Waals surface area (Å²) in [5, 5.41) is 15.0. The van der Waals surface area contributed by atoms with Gasteiger partial charge in [0.15, 0.2) is 0 Å². The molecule has 1 saturated heterocycles. The van der Waals surface area contributed by atoms with Gasteiger partial charge in [0.1, 0.15) is 11.9 Å². The van der Waals surface area contributed by atoms with Crippen molar-refractivity contribution in [3.8, 4) is 6.07 Å². The molecular formula is C29H30FN5O4. The van der Waals surface area contributed by atoms with Gasteiger partial charge in [0.05, 0.1) is 22.6 Å². The van der Waals surface area contributed by atoms with Gasteiger partial charge in [-0.25, -0.2) is 4.39 Å². The Morgan fingerprint density at radius 1 is 1.18 bits per heavy atom. The molecule has 9 nitrogen and oxygen atoms in total. The molecule has 3 aliphatic rings. The van der Waals surface area contributed by atoms with Gasteiger partial charge in [-0.1, -0.05) is 19.1 Å². The normalized spacial score (nSPS) is 21.2. The summed E-state index contributed by atoms with van der Waals surface area (Å²) in [6, 6.07) is 10.8. The standard InChI is InChI=1S/C29H30FN5O4/c1-16(7-10-33-18-4-2-3-17(12-18)29(15-31)8-9-29)11-23(32)21-13-19-20(14-22(21)30)28(39)35(27(19)38)24-5-6-25(36)34-26(24)37/h2-4,12-14,16,23-24,33H,5-11,32H2,1H3,(H,34,36,37). The van der Waals surface area contributed by atoms with Crippen LogP contribution in [0.2, 0.25) is 0 Å². The summed E-state index contributed by atoms with van der Waals surface area (Å²) < 4.78 is 15.1. The zero-order valence-electron chi connectivity index (χ0n) is 21.6. The van der Waals surface area contributed by atoms with Crippen LogP contribution in [-0.4, -0.2) is 41.1 Å². The van der Waals surface area contributed by atoms with Crippen LogP contribution in [0.1, 0.15) is 83.3 Å². The predicted molar refractivity (Wildman–Crippen MR) is 140 cm³/mol. The monoisotopic (exact) mass is 531 g/mol. The van der Waals surface area contributed by atoms with Crippen LogP contribution < -0.4 is 16.4 Å². The highest BCUT2D eigenvalue weighted by molar-refractivity contribution is 6.23. The van der Waals surface area contributed by atoms with E-state index in [1.807, 2.05) is 31.2 Å². The average Bonchev–Trinajstić information content (AvgIpc) is 3.67. The zero-order valence-corrected chi connectivity index (χ0v) is 21.6. The van der Waals surface area contributed by atoms with E-state index in [0.717, 1.165) is 41.5 Å². The number of piperidine rings is 1. The topological polar surface area (TPSA) is 145 Å². The lowest BCUT2D eigenvalue weighted by Gasteiger charge is -2.27. The van der Waals surface area contributed by atoms with Crippen LogP contribution in [0, 0.1) is 23.1 Å². The van der Waals surface area contributed by atoms with Crippen LogP contribution in [0.5, 0.6) is 0 Å². The molecule has 0 bridgehead atoms. The van der Waals surface area contributed by atoms with Gasteiger partial charge in [-0.05, 0) is 67.9 Å². The average molecular weight is 532 g/mol. The minimum atomic E-state index is -1.11. The number of amides is 4. The Hall–Kier alpha value is -4.10. The number of nitriles is 1. The van der Waals surface area contributed by atoms with Crippen LogP contribution in [-0.2, 0) is 15.0 Å². The van der Waals surface area contributed by atoms with Gasteiger partial charge in [0, 0.05) is 30.3 Å². The Morgan fingerprint density at radius 3 is 2.56 bits per heavy atom. The SMILES string of the molecule is CC(CCNc1cccc(C2(C#N)CC2)c1)CC(N)c1cc2c(cc1F)C(=O)N(C1CCC(=O)NC1=O)C2=O. The van der Waals surface area contributed by atoms with Crippen LogP contribution in [0.25, 0.3) is 0 Å². The summed E-state index contributed by atoms with van der Waals surface area (Å²) in [4.78, 5) is 50.5. The molecule has 3 unspecified atom stereocenters. The number of hydrogen-bond acceptors (Lipinski definition) is 7. The second-order valence-electron chi connectivity index (χ2n) is 10.8.